The zero-order chi connectivity index (χ0) is 15.1. The zero-order valence-electron chi connectivity index (χ0n) is 12.3. The first-order valence-electron chi connectivity index (χ1n) is 7.06. The van der Waals surface area contributed by atoms with Gasteiger partial charge in [-0.1, -0.05) is 0 Å². The number of nitrogens with one attached hydrogen (secondary N) is 1. The van der Waals surface area contributed by atoms with Gasteiger partial charge < -0.3 is 25.3 Å². The summed E-state index contributed by atoms with van der Waals surface area (Å²) in [7, 11) is 1.62. The van der Waals surface area contributed by atoms with E-state index >= 15 is 0 Å². The van der Waals surface area contributed by atoms with Crippen LogP contribution in [0.2, 0.25) is 0 Å². The quantitative estimate of drug-likeness (QED) is 0.755. The number of ether oxygens (including phenoxy) is 3. The Kier molecular flexibility index (Phi) is 5.41. The number of nitrogens with two attached hydrogens (primary N) is 1. The molecule has 2 rings (SSSR count). The molecule has 0 radical (unpaired) electrons. The molecule has 0 spiro atoms. The average Bonchev–Trinajstić information content (AvgIpc) is 2.52. The van der Waals surface area contributed by atoms with Gasteiger partial charge in [0.25, 0.3) is 0 Å². The molecule has 0 atom stereocenters. The van der Waals surface area contributed by atoms with Gasteiger partial charge in [0.2, 0.25) is 5.91 Å². The van der Waals surface area contributed by atoms with Crippen molar-refractivity contribution in [1.82, 2.24) is 5.32 Å². The molecule has 1 heterocycles. The van der Waals surface area contributed by atoms with E-state index in [2.05, 4.69) is 5.32 Å². The van der Waals surface area contributed by atoms with Crippen molar-refractivity contribution in [2.75, 3.05) is 33.5 Å². The van der Waals surface area contributed by atoms with Crippen molar-refractivity contribution in [3.05, 3.63) is 24.3 Å². The topological polar surface area (TPSA) is 82.8 Å². The Balaban J connectivity index is 1.70. The Morgan fingerprint density at radius 2 is 1.90 bits per heavy atom. The molecule has 1 amide bonds. The Labute approximate surface area is 124 Å². The molecule has 6 heteroatoms. The summed E-state index contributed by atoms with van der Waals surface area (Å²) < 4.78 is 15.8. The highest BCUT2D eigenvalue weighted by atomic mass is 16.5. The number of methoxy groups -OCH3 is 1. The highest BCUT2D eigenvalue weighted by molar-refractivity contribution is 5.86. The first kappa shape index (κ1) is 15.6. The standard InChI is InChI=1S/C15H22N2O4/c1-19-12-2-4-13(5-3-12)21-11-8-17-14(18)15(16)6-9-20-10-7-15/h2-5H,6-11,16H2,1H3,(H,17,18). The molecule has 0 bridgehead atoms. The van der Waals surface area contributed by atoms with Gasteiger partial charge in [0.1, 0.15) is 18.1 Å². The van der Waals surface area contributed by atoms with E-state index in [0.29, 0.717) is 39.2 Å². The first-order valence-corrected chi connectivity index (χ1v) is 7.06. The van der Waals surface area contributed by atoms with Gasteiger partial charge in [-0.25, -0.2) is 0 Å². The first-order chi connectivity index (χ1) is 10.1. The van der Waals surface area contributed by atoms with Crippen LogP contribution in [0.5, 0.6) is 11.5 Å². The van der Waals surface area contributed by atoms with Gasteiger partial charge >= 0.3 is 0 Å². The number of amides is 1. The second kappa shape index (κ2) is 7.28. The fourth-order valence-corrected chi connectivity index (χ4v) is 2.14. The third-order valence-electron chi connectivity index (χ3n) is 3.55. The SMILES string of the molecule is COc1ccc(OCCNC(=O)C2(N)CCOCC2)cc1. The number of benzene rings is 1. The molecular weight excluding hydrogens is 272 g/mol. The van der Waals surface area contributed by atoms with Crippen molar-refractivity contribution in [3.63, 3.8) is 0 Å². The van der Waals surface area contributed by atoms with Crippen LogP contribution in [-0.4, -0.2) is 44.9 Å². The Hall–Kier alpha value is -1.79. The minimum atomic E-state index is -0.807. The highest BCUT2D eigenvalue weighted by Gasteiger charge is 2.35. The van der Waals surface area contributed by atoms with E-state index in [1.165, 1.54) is 0 Å². The molecule has 6 nitrogen and oxygen atoms in total. The van der Waals surface area contributed by atoms with Gasteiger partial charge in [0.15, 0.2) is 0 Å². The lowest BCUT2D eigenvalue weighted by Gasteiger charge is -2.31. The van der Waals surface area contributed by atoms with Crippen molar-refractivity contribution in [2.24, 2.45) is 5.73 Å². The fourth-order valence-electron chi connectivity index (χ4n) is 2.14. The number of hydrogen-bond acceptors (Lipinski definition) is 5. The number of carbonyl (C=O) groups excluding carboxylic acids is 1. The molecule has 1 aliphatic rings. The molecule has 0 unspecified atom stereocenters. The molecule has 3 N–H and O–H groups in total. The summed E-state index contributed by atoms with van der Waals surface area (Å²) in [5.74, 6) is 1.38. The van der Waals surface area contributed by atoms with Crippen molar-refractivity contribution in [2.45, 2.75) is 18.4 Å². The molecule has 21 heavy (non-hydrogen) atoms. The Bertz CT molecular complexity index is 455. The van der Waals surface area contributed by atoms with E-state index in [0.717, 1.165) is 11.5 Å². The summed E-state index contributed by atoms with van der Waals surface area (Å²) >= 11 is 0. The van der Waals surface area contributed by atoms with E-state index in [1.807, 2.05) is 24.3 Å². The predicted molar refractivity (Wildman–Crippen MR) is 78.5 cm³/mol. The summed E-state index contributed by atoms with van der Waals surface area (Å²) in [6.07, 6.45) is 1.11. The van der Waals surface area contributed by atoms with E-state index < -0.39 is 5.54 Å². The molecule has 0 aromatic heterocycles. The fraction of sp³-hybridized carbons (Fsp3) is 0.533. The maximum Gasteiger partial charge on any atom is 0.240 e. The summed E-state index contributed by atoms with van der Waals surface area (Å²) in [4.78, 5) is 12.1. The maximum absolute atomic E-state index is 12.1. The van der Waals surface area contributed by atoms with Crippen LogP contribution >= 0.6 is 0 Å². The van der Waals surface area contributed by atoms with E-state index in [9.17, 15) is 4.79 Å². The van der Waals surface area contributed by atoms with Gasteiger partial charge in [-0.05, 0) is 37.1 Å². The lowest BCUT2D eigenvalue weighted by atomic mass is 9.90. The van der Waals surface area contributed by atoms with Crippen molar-refractivity contribution >= 4 is 5.91 Å². The minimum Gasteiger partial charge on any atom is -0.497 e. The van der Waals surface area contributed by atoms with Crippen LogP contribution in [0.4, 0.5) is 0 Å². The summed E-state index contributed by atoms with van der Waals surface area (Å²) in [5, 5.41) is 2.82. The summed E-state index contributed by atoms with van der Waals surface area (Å²) in [5.41, 5.74) is 5.27. The Morgan fingerprint density at radius 3 is 2.52 bits per heavy atom. The largest absolute Gasteiger partial charge is 0.497 e. The second-order valence-electron chi connectivity index (χ2n) is 5.05. The molecule has 1 saturated heterocycles. The molecule has 1 aromatic carbocycles. The van der Waals surface area contributed by atoms with Gasteiger partial charge in [0.05, 0.1) is 19.2 Å². The maximum atomic E-state index is 12.1. The lowest BCUT2D eigenvalue weighted by Crippen LogP contribution is -2.57. The van der Waals surface area contributed by atoms with Gasteiger partial charge in [-0.15, -0.1) is 0 Å². The van der Waals surface area contributed by atoms with Crippen molar-refractivity contribution in [1.29, 1.82) is 0 Å². The predicted octanol–water partition coefficient (Wildman–Crippen LogP) is 0.698. The van der Waals surface area contributed by atoms with E-state index in [4.69, 9.17) is 19.9 Å². The van der Waals surface area contributed by atoms with E-state index in [1.54, 1.807) is 7.11 Å². The highest BCUT2D eigenvalue weighted by Crippen LogP contribution is 2.18. The number of rotatable bonds is 6. The zero-order valence-corrected chi connectivity index (χ0v) is 12.3. The van der Waals surface area contributed by atoms with Crippen LogP contribution < -0.4 is 20.5 Å². The van der Waals surface area contributed by atoms with Gasteiger partial charge in [-0.3, -0.25) is 4.79 Å². The minimum absolute atomic E-state index is 0.135. The molecule has 1 fully saturated rings. The van der Waals surface area contributed by atoms with Crippen LogP contribution in [0.25, 0.3) is 0 Å². The molecule has 0 saturated carbocycles. The normalized spacial score (nSPS) is 17.0. The van der Waals surface area contributed by atoms with Crippen LogP contribution in [0.1, 0.15) is 12.8 Å². The number of hydrogen-bond donors (Lipinski definition) is 2. The summed E-state index contributed by atoms with van der Waals surface area (Å²) in [6.45, 7) is 1.88. The average molecular weight is 294 g/mol. The smallest absolute Gasteiger partial charge is 0.240 e. The Morgan fingerprint density at radius 1 is 1.29 bits per heavy atom. The van der Waals surface area contributed by atoms with Gasteiger partial charge in [0, 0.05) is 13.2 Å². The molecule has 116 valence electrons. The van der Waals surface area contributed by atoms with Crippen LogP contribution in [0, 0.1) is 0 Å². The third kappa shape index (κ3) is 4.34. The molecule has 1 aromatic rings. The van der Waals surface area contributed by atoms with Crippen molar-refractivity contribution in [3.8, 4) is 11.5 Å². The molecular formula is C15H22N2O4. The second-order valence-corrected chi connectivity index (χ2v) is 5.05. The third-order valence-corrected chi connectivity index (χ3v) is 3.55. The lowest BCUT2D eigenvalue weighted by molar-refractivity contribution is -0.129. The van der Waals surface area contributed by atoms with Crippen LogP contribution in [-0.2, 0) is 9.53 Å². The number of carbonyl (C=O) groups is 1. The monoisotopic (exact) mass is 294 g/mol. The van der Waals surface area contributed by atoms with Crippen LogP contribution in [0.3, 0.4) is 0 Å². The van der Waals surface area contributed by atoms with Crippen molar-refractivity contribution < 1.29 is 19.0 Å². The van der Waals surface area contributed by atoms with E-state index in [-0.39, 0.29) is 5.91 Å². The van der Waals surface area contributed by atoms with Gasteiger partial charge in [-0.2, -0.15) is 0 Å². The molecule has 0 aliphatic carbocycles. The van der Waals surface area contributed by atoms with Crippen LogP contribution in [0.15, 0.2) is 24.3 Å². The summed E-state index contributed by atoms with van der Waals surface area (Å²) in [6, 6.07) is 7.29. The molecule has 1 aliphatic heterocycles.